The van der Waals surface area contributed by atoms with Gasteiger partial charge in [-0.2, -0.15) is 5.06 Å². The second kappa shape index (κ2) is 8.18. The van der Waals surface area contributed by atoms with Crippen molar-refractivity contribution in [3.63, 3.8) is 0 Å². The fraction of sp³-hybridized carbons (Fsp3) is 0.368. The van der Waals surface area contributed by atoms with Gasteiger partial charge in [-0.15, -0.1) is 0 Å². The zero-order chi connectivity index (χ0) is 18.6. The van der Waals surface area contributed by atoms with Gasteiger partial charge in [0.15, 0.2) is 0 Å². The maximum atomic E-state index is 12.8. The van der Waals surface area contributed by atoms with E-state index in [0.29, 0.717) is 13.0 Å². The minimum absolute atomic E-state index is 0.133. The van der Waals surface area contributed by atoms with E-state index in [9.17, 15) is 8.42 Å². The van der Waals surface area contributed by atoms with Crippen LogP contribution in [0.15, 0.2) is 54.6 Å². The third kappa shape index (κ3) is 4.24. The number of nitrogens with one attached hydrogen (secondary N) is 1. The molecule has 1 saturated heterocycles. The summed E-state index contributed by atoms with van der Waals surface area (Å²) in [6.45, 7) is 0.496. The molecule has 140 valence electrons. The van der Waals surface area contributed by atoms with Crippen molar-refractivity contribution in [2.24, 2.45) is 0 Å². The van der Waals surface area contributed by atoms with E-state index in [4.69, 9.17) is 9.57 Å². The molecule has 2 atom stereocenters. The smallest absolute Gasteiger partial charge is 0.218 e. The number of hydrogen-bond donors (Lipinski definition) is 1. The van der Waals surface area contributed by atoms with Crippen molar-refractivity contribution in [1.82, 2.24) is 9.79 Å². The summed E-state index contributed by atoms with van der Waals surface area (Å²) in [5, 5.41) is 0.944. The predicted octanol–water partition coefficient (Wildman–Crippen LogP) is 2.14. The Hall–Kier alpha value is -1.93. The molecule has 26 heavy (non-hydrogen) atoms. The van der Waals surface area contributed by atoms with E-state index in [1.165, 1.54) is 0 Å². The normalized spacial score (nSPS) is 21.0. The van der Waals surface area contributed by atoms with Crippen LogP contribution >= 0.6 is 0 Å². The summed E-state index contributed by atoms with van der Waals surface area (Å²) in [7, 11) is -0.165. The first-order valence-electron chi connectivity index (χ1n) is 8.53. The van der Waals surface area contributed by atoms with Crippen molar-refractivity contribution < 1.29 is 18.0 Å². The van der Waals surface area contributed by atoms with Crippen molar-refractivity contribution in [3.05, 3.63) is 65.7 Å². The Bertz CT molecular complexity index is 809. The molecule has 2 unspecified atom stereocenters. The minimum atomic E-state index is -3.52. The minimum Gasteiger partial charge on any atom is -0.497 e. The maximum absolute atomic E-state index is 12.8. The van der Waals surface area contributed by atoms with Crippen LogP contribution in [0.1, 0.15) is 17.2 Å². The fourth-order valence-corrected chi connectivity index (χ4v) is 4.68. The Morgan fingerprint density at radius 2 is 1.85 bits per heavy atom. The molecular formula is C19H24N2O4S. The lowest BCUT2D eigenvalue weighted by atomic mass is 10.0. The number of hydrogen-bond acceptors (Lipinski definition) is 5. The van der Waals surface area contributed by atoms with E-state index >= 15 is 0 Å². The molecule has 7 heteroatoms. The van der Waals surface area contributed by atoms with Crippen LogP contribution in [0.3, 0.4) is 0 Å². The number of rotatable bonds is 7. The SMILES string of the molecule is COc1ccc(C2C(S(=O)(=O)NCCc3ccccc3)CON2C)cc1. The summed E-state index contributed by atoms with van der Waals surface area (Å²) in [5.41, 5.74) is 1.98. The number of ether oxygens (including phenoxy) is 1. The van der Waals surface area contributed by atoms with Crippen LogP contribution < -0.4 is 9.46 Å². The summed E-state index contributed by atoms with van der Waals surface area (Å²) in [6.07, 6.45) is 0.649. The van der Waals surface area contributed by atoms with Gasteiger partial charge in [0.25, 0.3) is 0 Å². The van der Waals surface area contributed by atoms with Gasteiger partial charge in [0.1, 0.15) is 11.0 Å². The van der Waals surface area contributed by atoms with Gasteiger partial charge in [0.05, 0.1) is 19.8 Å². The third-order valence-corrected chi connectivity index (χ3v) is 6.40. The Morgan fingerprint density at radius 3 is 2.50 bits per heavy atom. The molecule has 1 heterocycles. The highest BCUT2D eigenvalue weighted by atomic mass is 32.2. The van der Waals surface area contributed by atoms with Crippen molar-refractivity contribution in [2.75, 3.05) is 27.3 Å². The van der Waals surface area contributed by atoms with Crippen molar-refractivity contribution in [2.45, 2.75) is 17.7 Å². The Morgan fingerprint density at radius 1 is 1.15 bits per heavy atom. The van der Waals surface area contributed by atoms with Gasteiger partial charge in [-0.1, -0.05) is 42.5 Å². The Kier molecular flexibility index (Phi) is 5.93. The molecule has 0 aromatic heterocycles. The summed E-state index contributed by atoms with van der Waals surface area (Å²) in [4.78, 5) is 5.52. The molecule has 3 rings (SSSR count). The van der Waals surface area contributed by atoms with Gasteiger partial charge in [0.2, 0.25) is 10.0 Å². The van der Waals surface area contributed by atoms with Crippen molar-refractivity contribution in [1.29, 1.82) is 0 Å². The van der Waals surface area contributed by atoms with Crippen LogP contribution in [0.25, 0.3) is 0 Å². The summed E-state index contributed by atoms with van der Waals surface area (Å²) < 4.78 is 33.6. The topological polar surface area (TPSA) is 67.9 Å². The second-order valence-electron chi connectivity index (χ2n) is 6.27. The first-order valence-corrected chi connectivity index (χ1v) is 10.1. The molecule has 0 radical (unpaired) electrons. The highest BCUT2D eigenvalue weighted by Gasteiger charge is 2.42. The highest BCUT2D eigenvalue weighted by molar-refractivity contribution is 7.90. The quantitative estimate of drug-likeness (QED) is 0.802. The highest BCUT2D eigenvalue weighted by Crippen LogP contribution is 2.33. The van der Waals surface area contributed by atoms with Gasteiger partial charge in [-0.25, -0.2) is 13.1 Å². The summed E-state index contributed by atoms with van der Waals surface area (Å²) in [6, 6.07) is 16.9. The van der Waals surface area contributed by atoms with E-state index in [2.05, 4.69) is 4.72 Å². The maximum Gasteiger partial charge on any atom is 0.218 e. The van der Waals surface area contributed by atoms with E-state index in [-0.39, 0.29) is 12.6 Å². The van der Waals surface area contributed by atoms with Crippen LogP contribution in [0.4, 0.5) is 0 Å². The molecule has 1 aliphatic rings. The number of methoxy groups -OCH3 is 1. The molecule has 0 spiro atoms. The van der Waals surface area contributed by atoms with E-state index in [1.54, 1.807) is 19.2 Å². The number of nitrogens with zero attached hydrogens (tertiary/aromatic N) is 1. The molecule has 0 amide bonds. The van der Waals surface area contributed by atoms with Gasteiger partial charge >= 0.3 is 0 Å². The van der Waals surface area contributed by atoms with Gasteiger partial charge in [-0.05, 0) is 29.7 Å². The molecule has 1 fully saturated rings. The summed E-state index contributed by atoms with van der Waals surface area (Å²) in [5.74, 6) is 0.732. The Labute approximate surface area is 154 Å². The number of benzene rings is 2. The Balaban J connectivity index is 1.70. The standard InChI is InChI=1S/C19H24N2O4S/c1-21-19(16-8-10-17(24-2)11-9-16)18(14-25-21)26(22,23)20-13-12-15-6-4-3-5-7-15/h3-11,18-20H,12-14H2,1-2H3. The summed E-state index contributed by atoms with van der Waals surface area (Å²) >= 11 is 0. The lowest BCUT2D eigenvalue weighted by molar-refractivity contribution is -0.110. The number of hydroxylamine groups is 2. The second-order valence-corrected chi connectivity index (χ2v) is 8.26. The zero-order valence-corrected chi connectivity index (χ0v) is 15.8. The molecule has 0 aliphatic carbocycles. The van der Waals surface area contributed by atoms with Gasteiger partial charge in [0, 0.05) is 13.6 Å². The average Bonchev–Trinajstić information content (AvgIpc) is 3.05. The first kappa shape index (κ1) is 18.8. The monoisotopic (exact) mass is 376 g/mol. The molecule has 0 saturated carbocycles. The van der Waals surface area contributed by atoms with Crippen LogP contribution in [0.2, 0.25) is 0 Å². The predicted molar refractivity (Wildman–Crippen MR) is 100 cm³/mol. The zero-order valence-electron chi connectivity index (χ0n) is 15.0. The van der Waals surface area contributed by atoms with Crippen LogP contribution in [-0.4, -0.2) is 46.0 Å². The molecule has 1 N–H and O–H groups in total. The van der Waals surface area contributed by atoms with E-state index < -0.39 is 15.3 Å². The molecule has 6 nitrogen and oxygen atoms in total. The molecule has 2 aromatic rings. The van der Waals surface area contributed by atoms with E-state index in [0.717, 1.165) is 16.9 Å². The lowest BCUT2D eigenvalue weighted by Gasteiger charge is -2.23. The van der Waals surface area contributed by atoms with E-state index in [1.807, 2.05) is 54.6 Å². The van der Waals surface area contributed by atoms with Crippen LogP contribution in [0.5, 0.6) is 5.75 Å². The van der Waals surface area contributed by atoms with Gasteiger partial charge < -0.3 is 4.74 Å². The molecule has 2 aromatic carbocycles. The van der Waals surface area contributed by atoms with Gasteiger partial charge in [-0.3, -0.25) is 4.84 Å². The number of sulfonamides is 1. The van der Waals surface area contributed by atoms with Crippen molar-refractivity contribution in [3.8, 4) is 5.75 Å². The molecule has 0 bridgehead atoms. The molecule has 1 aliphatic heterocycles. The van der Waals surface area contributed by atoms with Crippen LogP contribution in [-0.2, 0) is 21.3 Å². The van der Waals surface area contributed by atoms with Crippen LogP contribution in [0, 0.1) is 0 Å². The molecular weight excluding hydrogens is 352 g/mol. The first-order chi connectivity index (χ1) is 12.5. The van der Waals surface area contributed by atoms with Crippen molar-refractivity contribution >= 4 is 10.0 Å². The lowest BCUT2D eigenvalue weighted by Crippen LogP contribution is -2.40. The largest absolute Gasteiger partial charge is 0.497 e. The third-order valence-electron chi connectivity index (χ3n) is 4.60. The fourth-order valence-electron chi connectivity index (χ4n) is 3.17. The average molecular weight is 376 g/mol.